The Morgan fingerprint density at radius 2 is 1.49 bits per heavy atom. The minimum absolute atomic E-state index is 0.172. The lowest BCUT2D eigenvalue weighted by Gasteiger charge is -2.12. The van der Waals surface area contributed by atoms with Gasteiger partial charge in [-0.25, -0.2) is 18.6 Å². The number of fused-ring (bicyclic) bond motifs is 1. The predicted molar refractivity (Wildman–Crippen MR) is 162 cm³/mol. The predicted octanol–water partition coefficient (Wildman–Crippen LogP) is 7.25. The molecule has 0 unspecified atom stereocenters. The average Bonchev–Trinajstić information content (AvgIpc) is 3.45. The highest BCUT2D eigenvalue weighted by Crippen LogP contribution is 2.35. The fourth-order valence-electron chi connectivity index (χ4n) is 4.77. The highest BCUT2D eigenvalue weighted by Gasteiger charge is 2.17. The van der Waals surface area contributed by atoms with Crippen LogP contribution in [-0.4, -0.2) is 35.1 Å². The number of ether oxygens (including phenoxy) is 1. The van der Waals surface area contributed by atoms with Gasteiger partial charge in [0.05, 0.1) is 11.0 Å². The van der Waals surface area contributed by atoms with Crippen LogP contribution in [-0.2, 0) is 11.3 Å². The lowest BCUT2D eigenvalue weighted by atomic mass is 9.94. The van der Waals surface area contributed by atoms with Crippen molar-refractivity contribution < 1.29 is 23.1 Å². The first-order valence-electron chi connectivity index (χ1n) is 14.1. The molecule has 1 aromatic heterocycles. The number of nitrogens with one attached hydrogen (secondary N) is 3. The molecule has 0 saturated carbocycles. The number of benzene rings is 4. The first-order valence-corrected chi connectivity index (χ1v) is 14.1. The van der Waals surface area contributed by atoms with Gasteiger partial charge in [0.1, 0.15) is 18.2 Å². The van der Waals surface area contributed by atoms with Crippen LogP contribution in [0.3, 0.4) is 0 Å². The van der Waals surface area contributed by atoms with Gasteiger partial charge in [-0.15, -0.1) is 0 Å². The summed E-state index contributed by atoms with van der Waals surface area (Å²) in [6.45, 7) is 3.16. The zero-order valence-electron chi connectivity index (χ0n) is 23.7. The van der Waals surface area contributed by atoms with Crippen LogP contribution in [0.25, 0.3) is 33.3 Å². The van der Waals surface area contributed by atoms with Crippen LogP contribution in [0.1, 0.15) is 35.9 Å². The maximum Gasteiger partial charge on any atom is 0.407 e. The summed E-state index contributed by atoms with van der Waals surface area (Å²) < 4.78 is 32.5. The summed E-state index contributed by atoms with van der Waals surface area (Å²) in [6.07, 6.45) is 1.07. The van der Waals surface area contributed by atoms with Crippen molar-refractivity contribution >= 4 is 23.0 Å². The first kappa shape index (κ1) is 29.4. The Bertz CT molecular complexity index is 1600. The zero-order valence-corrected chi connectivity index (χ0v) is 23.7. The number of aromatic nitrogens is 2. The molecule has 7 nitrogen and oxygen atoms in total. The van der Waals surface area contributed by atoms with Crippen LogP contribution >= 0.6 is 0 Å². The number of rotatable bonds is 11. The van der Waals surface area contributed by atoms with Crippen LogP contribution in [0, 0.1) is 17.6 Å². The van der Waals surface area contributed by atoms with Crippen molar-refractivity contribution in [2.45, 2.75) is 26.4 Å². The largest absolute Gasteiger partial charge is 0.445 e. The molecule has 0 radical (unpaired) electrons. The van der Waals surface area contributed by atoms with E-state index >= 15 is 0 Å². The monoisotopic (exact) mass is 582 g/mol. The fraction of sp³-hybridized carbons (Fsp3) is 0.206. The van der Waals surface area contributed by atoms with E-state index in [-0.39, 0.29) is 35.9 Å². The number of amides is 2. The quantitative estimate of drug-likeness (QED) is 0.143. The topological polar surface area (TPSA) is 96.1 Å². The lowest BCUT2D eigenvalue weighted by molar-refractivity contribution is 0.0938. The SMILES string of the molecule is C[C@@H](CCCNC(=O)OCc1ccccc1)CNC(=O)c1nc2cc(-c3ccc(F)cc3)c(-c3ccc(F)cc3)cc2[nH]1. The number of aromatic amines is 1. The van der Waals surface area contributed by atoms with Gasteiger partial charge in [0, 0.05) is 13.1 Å². The van der Waals surface area contributed by atoms with Gasteiger partial charge in [0.15, 0.2) is 5.82 Å². The van der Waals surface area contributed by atoms with Crippen molar-refractivity contribution in [2.24, 2.45) is 5.92 Å². The summed E-state index contributed by atoms with van der Waals surface area (Å²) in [5, 5.41) is 5.68. The van der Waals surface area contributed by atoms with Crippen molar-refractivity contribution in [1.82, 2.24) is 20.6 Å². The number of carbonyl (C=O) groups is 2. The molecule has 0 saturated heterocycles. The van der Waals surface area contributed by atoms with E-state index in [1.54, 1.807) is 24.3 Å². The Morgan fingerprint density at radius 1 is 0.860 bits per heavy atom. The average molecular weight is 583 g/mol. The molecule has 5 aromatic rings. The van der Waals surface area contributed by atoms with Gasteiger partial charge < -0.3 is 20.4 Å². The van der Waals surface area contributed by atoms with E-state index in [0.717, 1.165) is 40.7 Å². The number of alkyl carbamates (subject to hydrolysis) is 1. The molecule has 1 atom stereocenters. The normalized spacial score (nSPS) is 11.7. The second-order valence-corrected chi connectivity index (χ2v) is 10.5. The number of hydrogen-bond donors (Lipinski definition) is 3. The van der Waals surface area contributed by atoms with Crippen LogP contribution < -0.4 is 10.6 Å². The number of hydrogen-bond acceptors (Lipinski definition) is 4. The Morgan fingerprint density at radius 3 is 2.14 bits per heavy atom. The summed E-state index contributed by atoms with van der Waals surface area (Å²) in [4.78, 5) is 32.5. The highest BCUT2D eigenvalue weighted by molar-refractivity contribution is 5.98. The zero-order chi connectivity index (χ0) is 30.2. The van der Waals surface area contributed by atoms with Crippen LogP contribution in [0.4, 0.5) is 13.6 Å². The molecule has 0 aliphatic carbocycles. The molecule has 2 amide bonds. The van der Waals surface area contributed by atoms with E-state index in [9.17, 15) is 18.4 Å². The van der Waals surface area contributed by atoms with Crippen LogP contribution in [0.2, 0.25) is 0 Å². The summed E-state index contributed by atoms with van der Waals surface area (Å²) in [5.74, 6) is -0.687. The van der Waals surface area contributed by atoms with E-state index in [1.807, 2.05) is 49.4 Å². The number of imidazole rings is 1. The van der Waals surface area contributed by atoms with Crippen LogP contribution in [0.5, 0.6) is 0 Å². The van der Waals surface area contributed by atoms with Gasteiger partial charge in [0.2, 0.25) is 0 Å². The van der Waals surface area contributed by atoms with Gasteiger partial charge in [-0.1, -0.05) is 61.5 Å². The Labute approximate surface area is 248 Å². The van der Waals surface area contributed by atoms with E-state index in [4.69, 9.17) is 4.74 Å². The molecular weight excluding hydrogens is 550 g/mol. The molecule has 0 fully saturated rings. The summed E-state index contributed by atoms with van der Waals surface area (Å²) in [6, 6.07) is 25.4. The summed E-state index contributed by atoms with van der Waals surface area (Å²) in [5.41, 5.74) is 5.26. The summed E-state index contributed by atoms with van der Waals surface area (Å²) >= 11 is 0. The molecule has 220 valence electrons. The molecule has 9 heteroatoms. The van der Waals surface area contributed by atoms with E-state index in [1.165, 1.54) is 24.3 Å². The number of nitrogens with zero attached hydrogens (tertiary/aromatic N) is 1. The smallest absolute Gasteiger partial charge is 0.407 e. The lowest BCUT2D eigenvalue weighted by Crippen LogP contribution is -2.30. The molecule has 0 aliphatic heterocycles. The Kier molecular flexibility index (Phi) is 9.41. The Hall–Kier alpha value is -5.05. The number of halogens is 2. The molecule has 0 spiro atoms. The van der Waals surface area contributed by atoms with Crippen molar-refractivity contribution in [2.75, 3.05) is 13.1 Å². The molecule has 0 bridgehead atoms. The van der Waals surface area contributed by atoms with E-state index in [2.05, 4.69) is 20.6 Å². The van der Waals surface area contributed by atoms with Gasteiger partial charge in [-0.05, 0) is 83.0 Å². The minimum atomic E-state index is -0.458. The molecule has 0 aliphatic rings. The molecular formula is C34H32F2N4O3. The molecule has 3 N–H and O–H groups in total. The molecule has 43 heavy (non-hydrogen) atoms. The number of H-pyrrole nitrogens is 1. The van der Waals surface area contributed by atoms with Crippen molar-refractivity contribution in [3.8, 4) is 22.3 Å². The first-order chi connectivity index (χ1) is 20.9. The highest BCUT2D eigenvalue weighted by atomic mass is 19.1. The van der Waals surface area contributed by atoms with Crippen molar-refractivity contribution in [1.29, 1.82) is 0 Å². The van der Waals surface area contributed by atoms with Gasteiger partial charge >= 0.3 is 6.09 Å². The van der Waals surface area contributed by atoms with Gasteiger partial charge in [-0.2, -0.15) is 0 Å². The summed E-state index contributed by atoms with van der Waals surface area (Å²) in [7, 11) is 0. The maximum absolute atomic E-state index is 13.6. The third kappa shape index (κ3) is 7.82. The third-order valence-corrected chi connectivity index (χ3v) is 7.11. The standard InChI is InChI=1S/C34H32F2N4O3/c1-22(6-5-17-37-34(42)43-21-23-7-3-2-4-8-23)20-38-33(41)32-39-30-18-28(24-9-13-26(35)14-10-24)29(19-31(30)40-32)25-11-15-27(36)16-12-25/h2-4,7-16,18-19,22H,5-6,17,20-21H2,1H3,(H,37,42)(H,38,41)(H,39,40)/t22-/m0/s1. The van der Waals surface area contributed by atoms with Gasteiger partial charge in [-0.3, -0.25) is 4.79 Å². The van der Waals surface area contributed by atoms with Gasteiger partial charge in [0.25, 0.3) is 5.91 Å². The van der Waals surface area contributed by atoms with E-state index < -0.39 is 6.09 Å². The second-order valence-electron chi connectivity index (χ2n) is 10.5. The Balaban J connectivity index is 1.17. The molecule has 4 aromatic carbocycles. The molecule has 1 heterocycles. The van der Waals surface area contributed by atoms with Crippen LogP contribution in [0.15, 0.2) is 91.0 Å². The van der Waals surface area contributed by atoms with E-state index in [0.29, 0.717) is 24.1 Å². The minimum Gasteiger partial charge on any atom is -0.445 e. The number of carbonyl (C=O) groups excluding carboxylic acids is 2. The second kappa shape index (κ2) is 13.7. The van der Waals surface area contributed by atoms with Crippen molar-refractivity contribution in [3.05, 3.63) is 114 Å². The fourth-order valence-corrected chi connectivity index (χ4v) is 4.77. The molecule has 5 rings (SSSR count). The van der Waals surface area contributed by atoms with Crippen molar-refractivity contribution in [3.63, 3.8) is 0 Å². The maximum atomic E-state index is 13.6. The third-order valence-electron chi connectivity index (χ3n) is 7.11.